The Labute approximate surface area is 123 Å². The summed E-state index contributed by atoms with van der Waals surface area (Å²) in [5, 5.41) is 2.88. The molecule has 0 unspecified atom stereocenters. The fourth-order valence-corrected chi connectivity index (χ4v) is 2.16. The number of benzene rings is 2. The summed E-state index contributed by atoms with van der Waals surface area (Å²) in [6.07, 6.45) is -4.61. The molecular formula is C16H10F3NO2. The van der Waals surface area contributed by atoms with Crippen LogP contribution >= 0.6 is 0 Å². The van der Waals surface area contributed by atoms with Crippen molar-refractivity contribution in [2.45, 2.75) is 6.18 Å². The van der Waals surface area contributed by atoms with Gasteiger partial charge in [0.25, 0.3) is 0 Å². The Balaban J connectivity index is 2.09. The third-order valence-corrected chi connectivity index (χ3v) is 3.11. The first kappa shape index (κ1) is 14.2. The molecule has 0 radical (unpaired) electrons. The van der Waals surface area contributed by atoms with E-state index in [0.29, 0.717) is 11.8 Å². The molecule has 0 amide bonds. The first-order valence-electron chi connectivity index (χ1n) is 6.41. The van der Waals surface area contributed by atoms with E-state index in [-0.39, 0.29) is 11.0 Å². The first-order valence-corrected chi connectivity index (χ1v) is 6.41. The molecule has 0 atom stereocenters. The second kappa shape index (κ2) is 5.22. The maximum Gasteiger partial charge on any atom is 0.417 e. The van der Waals surface area contributed by atoms with Crippen LogP contribution in [0.2, 0.25) is 0 Å². The Morgan fingerprint density at radius 2 is 1.64 bits per heavy atom. The molecule has 3 aromatic rings. The lowest BCUT2D eigenvalue weighted by molar-refractivity contribution is -0.136. The van der Waals surface area contributed by atoms with Crippen molar-refractivity contribution < 1.29 is 17.6 Å². The van der Waals surface area contributed by atoms with Crippen molar-refractivity contribution in [3.8, 4) is 0 Å². The molecule has 0 fully saturated rings. The lowest BCUT2D eigenvalue weighted by Gasteiger charge is -2.11. The average molecular weight is 305 g/mol. The number of anilines is 2. The number of rotatable bonds is 2. The molecule has 0 aliphatic carbocycles. The summed E-state index contributed by atoms with van der Waals surface area (Å²) in [4.78, 5) is 11.3. The zero-order valence-corrected chi connectivity index (χ0v) is 11.1. The summed E-state index contributed by atoms with van der Waals surface area (Å²) in [7, 11) is 0. The summed E-state index contributed by atoms with van der Waals surface area (Å²) < 4.78 is 43.7. The van der Waals surface area contributed by atoms with Crippen LogP contribution in [0.15, 0.2) is 63.8 Å². The molecule has 3 rings (SSSR count). The van der Waals surface area contributed by atoms with Gasteiger partial charge in [-0.05, 0) is 24.3 Å². The van der Waals surface area contributed by atoms with Gasteiger partial charge in [-0.3, -0.25) is 0 Å². The quantitative estimate of drug-likeness (QED) is 0.706. The van der Waals surface area contributed by atoms with Crippen LogP contribution in [0.5, 0.6) is 0 Å². The van der Waals surface area contributed by atoms with Crippen molar-refractivity contribution in [1.29, 1.82) is 0 Å². The maximum absolute atomic E-state index is 12.9. The Morgan fingerprint density at radius 1 is 0.909 bits per heavy atom. The normalized spacial score (nSPS) is 11.6. The van der Waals surface area contributed by atoms with Crippen molar-refractivity contribution >= 4 is 22.3 Å². The second-order valence-electron chi connectivity index (χ2n) is 4.68. The molecule has 112 valence electrons. The number of para-hydroxylation sites is 1. The van der Waals surface area contributed by atoms with Crippen molar-refractivity contribution in [1.82, 2.24) is 0 Å². The van der Waals surface area contributed by atoms with E-state index >= 15 is 0 Å². The van der Waals surface area contributed by atoms with Crippen molar-refractivity contribution in [2.24, 2.45) is 0 Å². The summed E-state index contributed by atoms with van der Waals surface area (Å²) >= 11 is 0. The van der Waals surface area contributed by atoms with Crippen LogP contribution in [0.1, 0.15) is 5.56 Å². The van der Waals surface area contributed by atoms with Gasteiger partial charge in [-0.15, -0.1) is 0 Å². The summed E-state index contributed by atoms with van der Waals surface area (Å²) in [5.74, 6) is 0. The molecule has 0 saturated heterocycles. The molecule has 6 heteroatoms. The highest BCUT2D eigenvalue weighted by molar-refractivity contribution is 5.84. The van der Waals surface area contributed by atoms with Gasteiger partial charge in [0, 0.05) is 28.9 Å². The topological polar surface area (TPSA) is 42.2 Å². The van der Waals surface area contributed by atoms with Gasteiger partial charge in [-0.25, -0.2) is 4.79 Å². The number of halogens is 3. The van der Waals surface area contributed by atoms with Gasteiger partial charge < -0.3 is 9.73 Å². The van der Waals surface area contributed by atoms with Crippen LogP contribution in [-0.2, 0) is 6.18 Å². The third kappa shape index (κ3) is 2.81. The Bertz CT molecular complexity index is 870. The molecule has 22 heavy (non-hydrogen) atoms. The Hall–Kier alpha value is -2.76. The first-order chi connectivity index (χ1) is 10.4. The molecule has 3 nitrogen and oxygen atoms in total. The minimum atomic E-state index is -4.61. The van der Waals surface area contributed by atoms with E-state index < -0.39 is 17.4 Å². The van der Waals surface area contributed by atoms with Gasteiger partial charge >= 0.3 is 11.8 Å². The highest BCUT2D eigenvalue weighted by atomic mass is 19.4. The van der Waals surface area contributed by atoms with Crippen LogP contribution in [0.3, 0.4) is 0 Å². The van der Waals surface area contributed by atoms with E-state index in [2.05, 4.69) is 5.32 Å². The maximum atomic E-state index is 12.9. The molecule has 0 spiro atoms. The van der Waals surface area contributed by atoms with Crippen LogP contribution in [0, 0.1) is 0 Å². The zero-order valence-electron chi connectivity index (χ0n) is 11.1. The van der Waals surface area contributed by atoms with E-state index in [9.17, 15) is 18.0 Å². The molecule has 0 aliphatic rings. The fraction of sp³-hybridized carbons (Fsp3) is 0.0625. The lowest BCUT2D eigenvalue weighted by atomic mass is 10.1. The van der Waals surface area contributed by atoms with Gasteiger partial charge in [-0.2, -0.15) is 13.2 Å². The predicted octanol–water partition coefficient (Wildman–Crippen LogP) is 4.56. The third-order valence-electron chi connectivity index (χ3n) is 3.11. The summed E-state index contributed by atoms with van der Waals surface area (Å²) in [6, 6.07) is 13.7. The molecule has 1 N–H and O–H groups in total. The smallest absolute Gasteiger partial charge is 0.417 e. The average Bonchev–Trinajstić information content (AvgIpc) is 2.46. The van der Waals surface area contributed by atoms with E-state index in [1.54, 1.807) is 0 Å². The SMILES string of the molecule is O=c1cc(C(F)(F)F)c2ccc(Nc3ccccc3)cc2o1. The molecule has 0 bridgehead atoms. The zero-order chi connectivity index (χ0) is 15.7. The molecule has 0 saturated carbocycles. The second-order valence-corrected chi connectivity index (χ2v) is 4.68. The Morgan fingerprint density at radius 3 is 2.32 bits per heavy atom. The van der Waals surface area contributed by atoms with Crippen LogP contribution in [0.25, 0.3) is 11.0 Å². The highest BCUT2D eigenvalue weighted by Crippen LogP contribution is 2.34. The van der Waals surface area contributed by atoms with E-state index in [1.165, 1.54) is 18.2 Å². The standard InChI is InChI=1S/C16H10F3NO2/c17-16(18,19)13-9-15(21)22-14-8-11(6-7-12(13)14)20-10-4-2-1-3-5-10/h1-9,20H. The number of hydrogen-bond acceptors (Lipinski definition) is 3. The minimum Gasteiger partial charge on any atom is -0.423 e. The predicted molar refractivity (Wildman–Crippen MR) is 77.2 cm³/mol. The fourth-order valence-electron chi connectivity index (χ4n) is 2.16. The van der Waals surface area contributed by atoms with Crippen molar-refractivity contribution in [3.63, 3.8) is 0 Å². The van der Waals surface area contributed by atoms with Crippen LogP contribution in [0.4, 0.5) is 24.5 Å². The van der Waals surface area contributed by atoms with E-state index in [1.807, 2.05) is 30.3 Å². The molecule has 1 heterocycles. The van der Waals surface area contributed by atoms with E-state index in [0.717, 1.165) is 5.69 Å². The number of nitrogens with one attached hydrogen (secondary N) is 1. The van der Waals surface area contributed by atoms with Gasteiger partial charge in [0.2, 0.25) is 0 Å². The van der Waals surface area contributed by atoms with Gasteiger partial charge in [0.05, 0.1) is 5.56 Å². The van der Waals surface area contributed by atoms with Crippen LogP contribution in [-0.4, -0.2) is 0 Å². The van der Waals surface area contributed by atoms with Crippen molar-refractivity contribution in [3.05, 3.63) is 70.6 Å². The monoisotopic (exact) mass is 305 g/mol. The van der Waals surface area contributed by atoms with Gasteiger partial charge in [-0.1, -0.05) is 18.2 Å². The highest BCUT2D eigenvalue weighted by Gasteiger charge is 2.33. The molecule has 0 aliphatic heterocycles. The Kier molecular flexibility index (Phi) is 3.36. The largest absolute Gasteiger partial charge is 0.423 e. The summed E-state index contributed by atoms with van der Waals surface area (Å²) in [5.41, 5.74) is -0.834. The number of alkyl halides is 3. The van der Waals surface area contributed by atoms with Gasteiger partial charge in [0.15, 0.2) is 0 Å². The summed E-state index contributed by atoms with van der Waals surface area (Å²) in [6.45, 7) is 0. The number of hydrogen-bond donors (Lipinski definition) is 1. The lowest BCUT2D eigenvalue weighted by Crippen LogP contribution is -2.11. The molecule has 1 aromatic heterocycles. The number of fused-ring (bicyclic) bond motifs is 1. The van der Waals surface area contributed by atoms with Crippen molar-refractivity contribution in [2.75, 3.05) is 5.32 Å². The molecule has 2 aromatic carbocycles. The molecular weight excluding hydrogens is 295 g/mol. The van der Waals surface area contributed by atoms with Gasteiger partial charge in [0.1, 0.15) is 5.58 Å². The van der Waals surface area contributed by atoms with E-state index in [4.69, 9.17) is 4.42 Å². The minimum absolute atomic E-state index is 0.110. The van der Waals surface area contributed by atoms with Crippen LogP contribution < -0.4 is 10.9 Å².